The van der Waals surface area contributed by atoms with Gasteiger partial charge in [0.25, 0.3) is 5.91 Å². The zero-order chi connectivity index (χ0) is 18.8. The Labute approximate surface area is 156 Å². The molecule has 3 heterocycles. The highest BCUT2D eigenvalue weighted by atomic mass is 16.5. The molecule has 3 aromatic rings. The molecule has 1 saturated heterocycles. The minimum absolute atomic E-state index is 0.00339. The van der Waals surface area contributed by atoms with E-state index < -0.39 is 0 Å². The minimum Gasteiger partial charge on any atom is -0.493 e. The molecule has 4 rings (SSSR count). The number of benzene rings is 1. The Hall–Kier alpha value is -3.16. The van der Waals surface area contributed by atoms with Crippen LogP contribution in [0.15, 0.2) is 30.6 Å². The highest BCUT2D eigenvalue weighted by molar-refractivity contribution is 5.95. The number of hydrogen-bond donors (Lipinski definition) is 1. The van der Waals surface area contributed by atoms with Crippen LogP contribution in [0.25, 0.3) is 11.2 Å². The third-order valence-corrected chi connectivity index (χ3v) is 5.04. The van der Waals surface area contributed by atoms with Crippen LogP contribution in [0.5, 0.6) is 11.5 Å². The average Bonchev–Trinajstić information content (AvgIpc) is 3.17. The largest absolute Gasteiger partial charge is 0.493 e. The number of rotatable bonds is 4. The fraction of sp³-hybridized carbons (Fsp3) is 0.368. The van der Waals surface area contributed by atoms with Crippen molar-refractivity contribution in [3.63, 3.8) is 0 Å². The Morgan fingerprint density at radius 3 is 2.59 bits per heavy atom. The van der Waals surface area contributed by atoms with Crippen molar-refractivity contribution in [2.45, 2.75) is 18.8 Å². The smallest absolute Gasteiger partial charge is 0.253 e. The maximum atomic E-state index is 12.9. The monoisotopic (exact) mass is 367 g/mol. The van der Waals surface area contributed by atoms with Crippen LogP contribution >= 0.6 is 0 Å². The van der Waals surface area contributed by atoms with Gasteiger partial charge in [0, 0.05) is 37.0 Å². The van der Waals surface area contributed by atoms with E-state index in [9.17, 15) is 4.79 Å². The number of amides is 1. The summed E-state index contributed by atoms with van der Waals surface area (Å²) in [6.07, 6.45) is 5.02. The summed E-state index contributed by atoms with van der Waals surface area (Å²) >= 11 is 0. The molecule has 1 N–H and O–H groups in total. The number of carbonyl (C=O) groups is 1. The van der Waals surface area contributed by atoms with E-state index in [0.29, 0.717) is 41.7 Å². The highest BCUT2D eigenvalue weighted by Gasteiger charge is 2.27. The summed E-state index contributed by atoms with van der Waals surface area (Å²) in [5.41, 5.74) is 3.07. The van der Waals surface area contributed by atoms with Gasteiger partial charge in [-0.05, 0) is 31.0 Å². The van der Waals surface area contributed by atoms with Crippen LogP contribution in [0, 0.1) is 0 Å². The van der Waals surface area contributed by atoms with E-state index in [1.807, 2.05) is 4.90 Å². The molecule has 27 heavy (non-hydrogen) atoms. The third-order valence-electron chi connectivity index (χ3n) is 5.04. The number of likely N-dealkylation sites (tertiary alicyclic amines) is 1. The molecule has 0 spiro atoms. The normalized spacial score (nSPS) is 15.1. The summed E-state index contributed by atoms with van der Waals surface area (Å²) in [7, 11) is 3.14. The lowest BCUT2D eigenvalue weighted by atomic mass is 9.92. The van der Waals surface area contributed by atoms with Gasteiger partial charge >= 0.3 is 0 Å². The summed E-state index contributed by atoms with van der Waals surface area (Å²) in [5.74, 6) is 1.46. The van der Waals surface area contributed by atoms with Gasteiger partial charge in [-0.1, -0.05) is 0 Å². The molecule has 1 aromatic carbocycles. The van der Waals surface area contributed by atoms with Crippen molar-refractivity contribution in [1.82, 2.24) is 25.1 Å². The zero-order valence-electron chi connectivity index (χ0n) is 15.3. The number of ether oxygens (including phenoxy) is 2. The second kappa shape index (κ2) is 7.22. The lowest BCUT2D eigenvalue weighted by molar-refractivity contribution is 0.0712. The quantitative estimate of drug-likeness (QED) is 0.761. The van der Waals surface area contributed by atoms with E-state index in [-0.39, 0.29) is 5.91 Å². The van der Waals surface area contributed by atoms with Crippen molar-refractivity contribution in [3.05, 3.63) is 41.9 Å². The van der Waals surface area contributed by atoms with Crippen LogP contribution in [-0.2, 0) is 0 Å². The second-order valence-electron chi connectivity index (χ2n) is 6.50. The number of H-pyrrole nitrogens is 1. The van der Waals surface area contributed by atoms with Crippen molar-refractivity contribution < 1.29 is 14.3 Å². The Morgan fingerprint density at radius 2 is 1.85 bits per heavy atom. The van der Waals surface area contributed by atoms with Crippen molar-refractivity contribution in [2.75, 3.05) is 27.3 Å². The van der Waals surface area contributed by atoms with Crippen molar-refractivity contribution >= 4 is 17.1 Å². The standard InChI is InChI=1S/C19H21N5O3/c1-26-14-4-3-13(11-15(14)27-2)19(25)24-9-5-12(6-10-24)16-17-18(23-22-16)21-8-7-20-17/h3-4,7-8,11-12H,5-6,9-10H2,1-2H3,(H,21,22,23). The molecule has 0 radical (unpaired) electrons. The van der Waals surface area contributed by atoms with Gasteiger partial charge in [-0.15, -0.1) is 0 Å². The SMILES string of the molecule is COc1ccc(C(=O)N2CCC(c3[nH]nc4nccnc34)CC2)cc1OC. The van der Waals surface area contributed by atoms with Crippen LogP contribution in [0.4, 0.5) is 0 Å². The first-order chi connectivity index (χ1) is 13.2. The summed E-state index contributed by atoms with van der Waals surface area (Å²) in [5, 5.41) is 7.30. The molecule has 8 nitrogen and oxygen atoms in total. The molecule has 0 bridgehead atoms. The highest BCUT2D eigenvalue weighted by Crippen LogP contribution is 2.32. The predicted molar refractivity (Wildman–Crippen MR) is 99.1 cm³/mol. The molecular weight excluding hydrogens is 346 g/mol. The Morgan fingerprint density at radius 1 is 1.11 bits per heavy atom. The maximum Gasteiger partial charge on any atom is 0.253 e. The van der Waals surface area contributed by atoms with E-state index in [1.165, 1.54) is 0 Å². The summed E-state index contributed by atoms with van der Waals surface area (Å²) < 4.78 is 10.5. The topological polar surface area (TPSA) is 93.2 Å². The van der Waals surface area contributed by atoms with Gasteiger partial charge in [0.2, 0.25) is 0 Å². The van der Waals surface area contributed by atoms with Crippen LogP contribution in [-0.4, -0.2) is 58.3 Å². The zero-order valence-corrected chi connectivity index (χ0v) is 15.3. The Kier molecular flexibility index (Phi) is 4.62. The molecule has 1 amide bonds. The summed E-state index contributed by atoms with van der Waals surface area (Å²) in [6, 6.07) is 5.26. The van der Waals surface area contributed by atoms with Crippen LogP contribution in [0.1, 0.15) is 34.8 Å². The average molecular weight is 367 g/mol. The van der Waals surface area contributed by atoms with Gasteiger partial charge < -0.3 is 14.4 Å². The molecule has 0 saturated carbocycles. The minimum atomic E-state index is 0.00339. The fourth-order valence-corrected chi connectivity index (χ4v) is 3.58. The van der Waals surface area contributed by atoms with Crippen molar-refractivity contribution in [1.29, 1.82) is 0 Å². The lowest BCUT2D eigenvalue weighted by Crippen LogP contribution is -2.38. The fourth-order valence-electron chi connectivity index (χ4n) is 3.58. The molecule has 1 fully saturated rings. The van der Waals surface area contributed by atoms with Crippen molar-refractivity contribution in [3.8, 4) is 11.5 Å². The molecule has 1 aliphatic rings. The maximum absolute atomic E-state index is 12.9. The van der Waals surface area contributed by atoms with E-state index in [0.717, 1.165) is 24.1 Å². The summed E-state index contributed by atoms with van der Waals surface area (Å²) in [4.78, 5) is 23.3. The first-order valence-electron chi connectivity index (χ1n) is 8.87. The number of nitrogens with one attached hydrogen (secondary N) is 1. The number of methoxy groups -OCH3 is 2. The van der Waals surface area contributed by atoms with Crippen LogP contribution in [0.2, 0.25) is 0 Å². The predicted octanol–water partition coefficient (Wildman–Crippen LogP) is 2.39. The lowest BCUT2D eigenvalue weighted by Gasteiger charge is -2.31. The second-order valence-corrected chi connectivity index (χ2v) is 6.50. The van der Waals surface area contributed by atoms with Crippen LogP contribution in [0.3, 0.4) is 0 Å². The van der Waals surface area contributed by atoms with E-state index in [4.69, 9.17) is 9.47 Å². The van der Waals surface area contributed by atoms with Gasteiger partial charge in [-0.25, -0.2) is 9.97 Å². The number of carbonyl (C=O) groups excluding carboxylic acids is 1. The van der Waals surface area contributed by atoms with Crippen molar-refractivity contribution in [2.24, 2.45) is 0 Å². The number of aromatic amines is 1. The van der Waals surface area contributed by atoms with Gasteiger partial charge in [0.1, 0.15) is 5.52 Å². The molecular formula is C19H21N5O3. The van der Waals surface area contributed by atoms with Gasteiger partial charge in [-0.3, -0.25) is 9.89 Å². The molecule has 2 aromatic heterocycles. The van der Waals surface area contributed by atoms with E-state index in [1.54, 1.807) is 44.8 Å². The molecule has 8 heteroatoms. The van der Waals surface area contributed by atoms with Crippen LogP contribution < -0.4 is 9.47 Å². The molecule has 0 unspecified atom stereocenters. The number of nitrogens with zero attached hydrogens (tertiary/aromatic N) is 4. The number of fused-ring (bicyclic) bond motifs is 1. The molecule has 1 aliphatic heterocycles. The summed E-state index contributed by atoms with van der Waals surface area (Å²) in [6.45, 7) is 1.36. The first-order valence-corrected chi connectivity index (χ1v) is 8.87. The van der Waals surface area contributed by atoms with E-state index >= 15 is 0 Å². The van der Waals surface area contributed by atoms with E-state index in [2.05, 4.69) is 20.2 Å². The Balaban J connectivity index is 1.47. The number of hydrogen-bond acceptors (Lipinski definition) is 6. The number of aromatic nitrogens is 4. The first kappa shape index (κ1) is 17.3. The Bertz CT molecular complexity index is 963. The van der Waals surface area contributed by atoms with Gasteiger partial charge in [0.15, 0.2) is 17.1 Å². The molecule has 0 aliphatic carbocycles. The van der Waals surface area contributed by atoms with Gasteiger partial charge in [0.05, 0.1) is 19.9 Å². The molecule has 0 atom stereocenters. The number of piperidine rings is 1. The third kappa shape index (κ3) is 3.18. The molecule has 140 valence electrons. The van der Waals surface area contributed by atoms with Gasteiger partial charge in [-0.2, -0.15) is 5.10 Å².